The van der Waals surface area contributed by atoms with Crippen molar-refractivity contribution >= 4 is 17.2 Å². The van der Waals surface area contributed by atoms with E-state index in [1.54, 1.807) is 14.2 Å². The summed E-state index contributed by atoms with van der Waals surface area (Å²) < 4.78 is 10.6. The molecule has 0 spiro atoms. The fourth-order valence-electron chi connectivity index (χ4n) is 2.54. The van der Waals surface area contributed by atoms with Gasteiger partial charge in [-0.3, -0.25) is 4.79 Å². The maximum atomic E-state index is 12.6. The van der Waals surface area contributed by atoms with Crippen LogP contribution in [-0.2, 0) is 0 Å². The van der Waals surface area contributed by atoms with Gasteiger partial charge in [-0.15, -0.1) is 11.3 Å². The third-order valence-electron chi connectivity index (χ3n) is 4.64. The lowest BCUT2D eigenvalue weighted by Gasteiger charge is -2.26. The van der Waals surface area contributed by atoms with Crippen molar-refractivity contribution in [3.05, 3.63) is 28.8 Å². The number of hydrogen-bond donors (Lipinski definition) is 2. The highest BCUT2D eigenvalue weighted by Crippen LogP contribution is 2.35. The van der Waals surface area contributed by atoms with Crippen molar-refractivity contribution in [3.63, 3.8) is 0 Å². The molecule has 0 atom stereocenters. The molecule has 3 N–H and O–H groups in total. The number of nitrogens with one attached hydrogen (secondary N) is 1. The Kier molecular flexibility index (Phi) is 6.61. The van der Waals surface area contributed by atoms with Crippen molar-refractivity contribution in [2.75, 3.05) is 20.8 Å². The third-order valence-corrected chi connectivity index (χ3v) is 5.85. The number of aromatic nitrogens is 1. The van der Waals surface area contributed by atoms with Gasteiger partial charge in [0.25, 0.3) is 5.91 Å². The van der Waals surface area contributed by atoms with Gasteiger partial charge < -0.3 is 20.5 Å². The number of amides is 1. The van der Waals surface area contributed by atoms with E-state index in [1.165, 1.54) is 11.3 Å². The predicted molar refractivity (Wildman–Crippen MR) is 105 cm³/mol. The molecular weight excluding hydrogens is 350 g/mol. The monoisotopic (exact) mass is 377 g/mol. The number of aryl methyl sites for hydroxylation is 1. The average Bonchev–Trinajstić information content (AvgIpc) is 3.06. The van der Waals surface area contributed by atoms with Crippen LogP contribution >= 0.6 is 11.3 Å². The third kappa shape index (κ3) is 4.34. The van der Waals surface area contributed by atoms with Crippen molar-refractivity contribution in [3.8, 4) is 22.1 Å². The summed E-state index contributed by atoms with van der Waals surface area (Å²) in [7, 11) is 3.19. The highest BCUT2D eigenvalue weighted by atomic mass is 32.1. The molecule has 0 aliphatic heterocycles. The molecule has 1 aromatic heterocycles. The molecule has 26 heavy (non-hydrogen) atoms. The van der Waals surface area contributed by atoms with E-state index in [2.05, 4.69) is 10.3 Å². The zero-order valence-electron chi connectivity index (χ0n) is 16.0. The number of hydrogen-bond acceptors (Lipinski definition) is 6. The molecule has 0 aliphatic carbocycles. The van der Waals surface area contributed by atoms with Crippen molar-refractivity contribution < 1.29 is 14.3 Å². The van der Waals surface area contributed by atoms with E-state index < -0.39 is 0 Å². The van der Waals surface area contributed by atoms with Gasteiger partial charge >= 0.3 is 0 Å². The number of carbonyl (C=O) groups excluding carboxylic acids is 1. The zero-order chi connectivity index (χ0) is 19.3. The molecule has 142 valence electrons. The Hall–Kier alpha value is -2.12. The van der Waals surface area contributed by atoms with E-state index in [0.29, 0.717) is 28.6 Å². The molecule has 0 radical (unpaired) electrons. The number of benzene rings is 1. The fraction of sp³-hybridized carbons (Fsp3) is 0.474. The summed E-state index contributed by atoms with van der Waals surface area (Å²) in [5.74, 6) is 1.15. The first-order valence-corrected chi connectivity index (χ1v) is 9.46. The average molecular weight is 378 g/mol. The Balaban J connectivity index is 2.22. The zero-order valence-corrected chi connectivity index (χ0v) is 16.8. The smallest absolute Gasteiger partial charge is 0.263 e. The second-order valence-electron chi connectivity index (χ2n) is 6.26. The molecule has 1 heterocycles. The Labute approximate surface area is 158 Å². The van der Waals surface area contributed by atoms with Gasteiger partial charge in [0.1, 0.15) is 9.88 Å². The van der Waals surface area contributed by atoms with Crippen molar-refractivity contribution in [2.45, 2.75) is 39.2 Å². The molecule has 2 aromatic rings. The van der Waals surface area contributed by atoms with Crippen LogP contribution in [0.5, 0.6) is 11.5 Å². The quantitative estimate of drug-likeness (QED) is 0.736. The minimum atomic E-state index is -0.375. The molecule has 0 unspecified atom stereocenters. The SMILES string of the molecule is CCC(N)(CC)CNC(=O)c1sc(-c2ccc(OC)c(OC)c2)nc1C. The molecule has 0 saturated carbocycles. The molecule has 6 nitrogen and oxygen atoms in total. The maximum absolute atomic E-state index is 12.6. The van der Waals surface area contributed by atoms with Crippen LogP contribution in [0.2, 0.25) is 0 Å². The van der Waals surface area contributed by atoms with Crippen molar-refractivity contribution in [1.29, 1.82) is 0 Å². The minimum absolute atomic E-state index is 0.136. The van der Waals surface area contributed by atoms with Crippen LogP contribution in [0.15, 0.2) is 18.2 Å². The highest BCUT2D eigenvalue weighted by molar-refractivity contribution is 7.17. The summed E-state index contributed by atoms with van der Waals surface area (Å²) in [6.07, 6.45) is 1.62. The van der Waals surface area contributed by atoms with Gasteiger partial charge in [0.15, 0.2) is 11.5 Å². The summed E-state index contributed by atoms with van der Waals surface area (Å²) in [5, 5.41) is 3.71. The van der Waals surface area contributed by atoms with Gasteiger partial charge in [-0.25, -0.2) is 4.98 Å². The van der Waals surface area contributed by atoms with Gasteiger partial charge in [-0.2, -0.15) is 0 Å². The lowest BCUT2D eigenvalue weighted by molar-refractivity contribution is 0.0945. The summed E-state index contributed by atoms with van der Waals surface area (Å²) in [4.78, 5) is 17.7. The normalized spacial score (nSPS) is 11.3. The molecule has 0 bridgehead atoms. The number of thiazole rings is 1. The van der Waals surface area contributed by atoms with Crippen LogP contribution in [0.4, 0.5) is 0 Å². The maximum Gasteiger partial charge on any atom is 0.263 e. The number of methoxy groups -OCH3 is 2. The van der Waals surface area contributed by atoms with Gasteiger partial charge in [-0.05, 0) is 38.0 Å². The summed E-state index contributed by atoms with van der Waals surface area (Å²) >= 11 is 1.36. The molecule has 2 rings (SSSR count). The second-order valence-corrected chi connectivity index (χ2v) is 7.25. The van der Waals surface area contributed by atoms with E-state index >= 15 is 0 Å². The van der Waals surface area contributed by atoms with Gasteiger partial charge in [0.2, 0.25) is 0 Å². The first-order chi connectivity index (χ1) is 12.4. The Bertz CT molecular complexity index is 769. The summed E-state index contributed by atoms with van der Waals surface area (Å²) in [6.45, 7) is 6.35. The lowest BCUT2D eigenvalue weighted by Crippen LogP contribution is -2.49. The van der Waals surface area contributed by atoms with Gasteiger partial charge in [0.05, 0.1) is 19.9 Å². The van der Waals surface area contributed by atoms with E-state index in [9.17, 15) is 4.79 Å². The van der Waals surface area contributed by atoms with Crippen LogP contribution in [0.3, 0.4) is 0 Å². The fourth-order valence-corrected chi connectivity index (χ4v) is 3.52. The molecule has 0 aliphatic rings. The van der Waals surface area contributed by atoms with Crippen LogP contribution < -0.4 is 20.5 Å². The highest BCUT2D eigenvalue weighted by Gasteiger charge is 2.23. The van der Waals surface area contributed by atoms with E-state index in [1.807, 2.05) is 39.0 Å². The van der Waals surface area contributed by atoms with Gasteiger partial charge in [-0.1, -0.05) is 13.8 Å². The lowest BCUT2D eigenvalue weighted by atomic mass is 9.94. The number of carbonyl (C=O) groups is 1. The van der Waals surface area contributed by atoms with Crippen LogP contribution in [0.1, 0.15) is 42.1 Å². The summed E-state index contributed by atoms with van der Waals surface area (Å²) in [6, 6.07) is 5.59. The van der Waals surface area contributed by atoms with E-state index in [4.69, 9.17) is 15.2 Å². The topological polar surface area (TPSA) is 86.5 Å². The second kappa shape index (κ2) is 8.51. The molecule has 1 aromatic carbocycles. The molecular formula is C19H27N3O3S. The first kappa shape index (κ1) is 20.2. The summed E-state index contributed by atoms with van der Waals surface area (Å²) in [5.41, 5.74) is 7.47. The number of ether oxygens (including phenoxy) is 2. The predicted octanol–water partition coefficient (Wildman–Crippen LogP) is 3.38. The van der Waals surface area contributed by atoms with Crippen LogP contribution in [-0.4, -0.2) is 37.2 Å². The van der Waals surface area contributed by atoms with Crippen molar-refractivity contribution in [2.24, 2.45) is 5.73 Å². The minimum Gasteiger partial charge on any atom is -0.493 e. The Morgan fingerprint density at radius 2 is 1.88 bits per heavy atom. The number of rotatable bonds is 8. The van der Waals surface area contributed by atoms with Gasteiger partial charge in [0, 0.05) is 17.6 Å². The van der Waals surface area contributed by atoms with Crippen LogP contribution in [0, 0.1) is 6.92 Å². The Morgan fingerprint density at radius 3 is 2.46 bits per heavy atom. The number of nitrogens with zero attached hydrogens (tertiary/aromatic N) is 1. The van der Waals surface area contributed by atoms with Crippen molar-refractivity contribution in [1.82, 2.24) is 10.3 Å². The molecule has 0 fully saturated rings. The molecule has 7 heteroatoms. The molecule has 1 amide bonds. The Morgan fingerprint density at radius 1 is 1.23 bits per heavy atom. The van der Waals surface area contributed by atoms with Crippen LogP contribution in [0.25, 0.3) is 10.6 Å². The first-order valence-electron chi connectivity index (χ1n) is 8.64. The number of nitrogens with two attached hydrogens (primary N) is 1. The standard InChI is InChI=1S/C19H27N3O3S/c1-6-19(20,7-2)11-21-17(23)16-12(3)22-18(26-16)13-8-9-14(24-4)15(10-13)25-5/h8-10H,6-7,11,20H2,1-5H3,(H,21,23). The largest absolute Gasteiger partial charge is 0.493 e. The van der Waals surface area contributed by atoms with E-state index in [-0.39, 0.29) is 11.4 Å². The van der Waals surface area contributed by atoms with E-state index in [0.717, 1.165) is 23.4 Å². The molecule has 0 saturated heterocycles.